The van der Waals surface area contributed by atoms with Crippen molar-refractivity contribution in [3.8, 4) is 0 Å². The number of rotatable bonds is 8. The highest BCUT2D eigenvalue weighted by Gasteiger charge is 2.68. The second-order valence-corrected chi connectivity index (χ2v) is 6.80. The van der Waals surface area contributed by atoms with Gasteiger partial charge in [-0.15, -0.1) is 0 Å². The van der Waals surface area contributed by atoms with Crippen LogP contribution in [-0.2, 0) is 16.6 Å². The van der Waals surface area contributed by atoms with Crippen molar-refractivity contribution in [3.63, 3.8) is 0 Å². The lowest BCUT2D eigenvalue weighted by Gasteiger charge is -2.46. The van der Waals surface area contributed by atoms with Gasteiger partial charge in [-0.1, -0.05) is 60.7 Å². The highest BCUT2D eigenvalue weighted by molar-refractivity contribution is 5.27. The molecule has 0 aromatic heterocycles. The van der Waals surface area contributed by atoms with Crippen LogP contribution in [0.3, 0.4) is 0 Å². The van der Waals surface area contributed by atoms with Gasteiger partial charge in [0.2, 0.25) is 0 Å². The van der Waals surface area contributed by atoms with Crippen molar-refractivity contribution in [2.75, 3.05) is 0 Å². The van der Waals surface area contributed by atoms with E-state index in [0.29, 0.717) is 0 Å². The predicted molar refractivity (Wildman–Crippen MR) is 90.6 cm³/mol. The molecule has 0 fully saturated rings. The summed E-state index contributed by atoms with van der Waals surface area (Å²) in [5.74, 6) is -9.13. The molecule has 2 unspecified atom stereocenters. The van der Waals surface area contributed by atoms with Crippen LogP contribution in [0.5, 0.6) is 0 Å². The summed E-state index contributed by atoms with van der Waals surface area (Å²) < 4.78 is 119. The Morgan fingerprint density at radius 1 is 0.586 bits per heavy atom. The smallest absolute Gasteiger partial charge is 0.306 e. The van der Waals surface area contributed by atoms with Crippen molar-refractivity contribution >= 4 is 0 Å². The van der Waals surface area contributed by atoms with Gasteiger partial charge in [-0.05, 0) is 13.8 Å². The molecule has 0 aliphatic carbocycles. The standard InChI is InChI=1S/C20H18F8O/c1-17(15(21)22,19(25,26)13-9-5-3-6-10-13)29-18(2,16(23)24)20(27,28)14-11-7-4-8-12-14/h3-12,15-16H,1-2H3. The second-order valence-electron chi connectivity index (χ2n) is 6.80. The Bertz CT molecular complexity index is 729. The maximum Gasteiger partial charge on any atom is 0.306 e. The molecule has 0 heterocycles. The van der Waals surface area contributed by atoms with Crippen molar-refractivity contribution in [1.29, 1.82) is 0 Å². The Kier molecular flexibility index (Phi) is 6.32. The first-order chi connectivity index (χ1) is 13.3. The van der Waals surface area contributed by atoms with E-state index in [4.69, 9.17) is 0 Å². The van der Waals surface area contributed by atoms with Gasteiger partial charge in [0, 0.05) is 11.1 Å². The van der Waals surface area contributed by atoms with E-state index in [9.17, 15) is 35.1 Å². The molecule has 0 spiro atoms. The third-order valence-electron chi connectivity index (χ3n) is 4.78. The summed E-state index contributed by atoms with van der Waals surface area (Å²) in [7, 11) is 0. The van der Waals surface area contributed by atoms with E-state index in [-0.39, 0.29) is 13.8 Å². The Labute approximate surface area is 162 Å². The van der Waals surface area contributed by atoms with E-state index in [1.807, 2.05) is 0 Å². The summed E-state index contributed by atoms with van der Waals surface area (Å²) in [6.45, 7) is 0.290. The van der Waals surface area contributed by atoms with Gasteiger partial charge in [0.05, 0.1) is 0 Å². The minimum absolute atomic E-state index is 0.145. The van der Waals surface area contributed by atoms with E-state index >= 15 is 0 Å². The maximum atomic E-state index is 14.9. The van der Waals surface area contributed by atoms with Crippen molar-refractivity contribution in [2.45, 2.75) is 49.7 Å². The van der Waals surface area contributed by atoms with Crippen LogP contribution < -0.4 is 0 Å². The fourth-order valence-electron chi connectivity index (χ4n) is 2.80. The zero-order valence-electron chi connectivity index (χ0n) is 15.4. The second kappa shape index (κ2) is 7.93. The molecule has 0 N–H and O–H groups in total. The molecule has 0 aliphatic rings. The molecule has 0 bridgehead atoms. The number of ether oxygens (including phenoxy) is 1. The van der Waals surface area contributed by atoms with Crippen LogP contribution in [0.2, 0.25) is 0 Å². The highest BCUT2D eigenvalue weighted by Crippen LogP contribution is 2.52. The summed E-state index contributed by atoms with van der Waals surface area (Å²) in [5.41, 5.74) is -9.92. The van der Waals surface area contributed by atoms with Gasteiger partial charge >= 0.3 is 11.8 Å². The minimum Gasteiger partial charge on any atom is -0.344 e. The average Bonchev–Trinajstić information content (AvgIpc) is 2.68. The van der Waals surface area contributed by atoms with E-state index in [0.717, 1.165) is 48.5 Å². The van der Waals surface area contributed by atoms with Crippen LogP contribution in [0.1, 0.15) is 25.0 Å². The quantitative estimate of drug-likeness (QED) is 0.431. The molecule has 0 saturated carbocycles. The maximum absolute atomic E-state index is 14.9. The molecule has 2 aromatic carbocycles. The summed E-state index contributed by atoms with van der Waals surface area (Å²) in [4.78, 5) is 0. The van der Waals surface area contributed by atoms with Crippen molar-refractivity contribution < 1.29 is 39.9 Å². The van der Waals surface area contributed by atoms with Gasteiger partial charge in [0.15, 0.2) is 11.2 Å². The summed E-state index contributed by atoms with van der Waals surface area (Å²) >= 11 is 0. The zero-order valence-corrected chi connectivity index (χ0v) is 15.4. The summed E-state index contributed by atoms with van der Waals surface area (Å²) in [6.07, 6.45) is -8.13. The summed E-state index contributed by atoms with van der Waals surface area (Å²) in [6, 6.07) is 10.2. The van der Waals surface area contributed by atoms with Gasteiger partial charge in [-0.2, -0.15) is 17.6 Å². The average molecular weight is 426 g/mol. The van der Waals surface area contributed by atoms with Crippen LogP contribution in [0.4, 0.5) is 35.1 Å². The monoisotopic (exact) mass is 426 g/mol. The number of benzene rings is 2. The first kappa shape index (κ1) is 23.1. The summed E-state index contributed by atoms with van der Waals surface area (Å²) in [5, 5.41) is 0. The van der Waals surface area contributed by atoms with Crippen LogP contribution in [0.25, 0.3) is 0 Å². The predicted octanol–water partition coefficient (Wildman–Crippen LogP) is 6.63. The number of alkyl halides is 8. The van der Waals surface area contributed by atoms with Crippen LogP contribution in [0, 0.1) is 0 Å². The van der Waals surface area contributed by atoms with E-state index in [2.05, 4.69) is 4.74 Å². The molecule has 0 amide bonds. The van der Waals surface area contributed by atoms with E-state index in [1.54, 1.807) is 0 Å². The van der Waals surface area contributed by atoms with Crippen LogP contribution in [-0.4, -0.2) is 24.1 Å². The first-order valence-electron chi connectivity index (χ1n) is 8.44. The normalized spacial score (nSPS) is 17.2. The van der Waals surface area contributed by atoms with Crippen LogP contribution >= 0.6 is 0 Å². The van der Waals surface area contributed by atoms with Gasteiger partial charge < -0.3 is 4.74 Å². The molecule has 160 valence electrons. The van der Waals surface area contributed by atoms with Gasteiger partial charge in [-0.25, -0.2) is 17.6 Å². The number of halogens is 8. The molecule has 2 aromatic rings. The van der Waals surface area contributed by atoms with Crippen LogP contribution in [0.15, 0.2) is 60.7 Å². The third kappa shape index (κ3) is 3.84. The fourth-order valence-corrected chi connectivity index (χ4v) is 2.80. The van der Waals surface area contributed by atoms with Gasteiger partial charge in [0.25, 0.3) is 12.9 Å². The first-order valence-corrected chi connectivity index (χ1v) is 8.44. The van der Waals surface area contributed by atoms with Crippen molar-refractivity contribution in [2.24, 2.45) is 0 Å². The zero-order chi connectivity index (χ0) is 22.1. The number of hydrogen-bond acceptors (Lipinski definition) is 1. The SMILES string of the molecule is CC(OC(C)(C(F)F)C(F)(F)c1ccccc1)(C(F)F)C(F)(F)c1ccccc1. The lowest BCUT2D eigenvalue weighted by Crippen LogP contribution is -2.62. The lowest BCUT2D eigenvalue weighted by molar-refractivity contribution is -0.358. The van der Waals surface area contributed by atoms with E-state index in [1.165, 1.54) is 12.1 Å². The topological polar surface area (TPSA) is 9.23 Å². The van der Waals surface area contributed by atoms with Gasteiger partial charge in [0.1, 0.15) is 0 Å². The molecule has 1 nitrogen and oxygen atoms in total. The fraction of sp³-hybridized carbons (Fsp3) is 0.400. The highest BCUT2D eigenvalue weighted by atomic mass is 19.3. The molecular formula is C20H18F8O. The van der Waals surface area contributed by atoms with Gasteiger partial charge in [-0.3, -0.25) is 0 Å². The molecule has 29 heavy (non-hydrogen) atoms. The Morgan fingerprint density at radius 2 is 0.862 bits per heavy atom. The molecular weight excluding hydrogens is 408 g/mol. The minimum atomic E-state index is -4.56. The molecule has 0 aliphatic heterocycles. The molecule has 0 radical (unpaired) electrons. The Morgan fingerprint density at radius 3 is 1.10 bits per heavy atom. The molecule has 2 atom stereocenters. The van der Waals surface area contributed by atoms with E-state index < -0.39 is 47.0 Å². The Hall–Kier alpha value is -2.16. The van der Waals surface area contributed by atoms with Crippen molar-refractivity contribution in [1.82, 2.24) is 0 Å². The molecule has 2 rings (SSSR count). The largest absolute Gasteiger partial charge is 0.344 e. The molecule has 0 saturated heterocycles. The third-order valence-corrected chi connectivity index (χ3v) is 4.78. The number of hydrogen-bond donors (Lipinski definition) is 0. The molecule has 9 heteroatoms. The lowest BCUT2D eigenvalue weighted by atomic mass is 9.87. The Balaban J connectivity index is 2.61. The van der Waals surface area contributed by atoms with Crippen molar-refractivity contribution in [3.05, 3.63) is 71.8 Å².